The summed E-state index contributed by atoms with van der Waals surface area (Å²) in [4.78, 5) is 9.60. The fourth-order valence-corrected chi connectivity index (χ4v) is 8.07. The molecule has 269 valence electrons. The van der Waals surface area contributed by atoms with Crippen molar-refractivity contribution in [2.45, 2.75) is 39.5 Å². The maximum absolute atomic E-state index is 7.69. The van der Waals surface area contributed by atoms with Gasteiger partial charge in [0.05, 0.1) is 30.5 Å². The van der Waals surface area contributed by atoms with Crippen molar-refractivity contribution in [3.05, 3.63) is 175 Å². The maximum atomic E-state index is 7.69. The predicted molar refractivity (Wildman–Crippen MR) is 223 cm³/mol. The Morgan fingerprint density at radius 1 is 0.741 bits per heavy atom. The minimum Gasteiger partial charge on any atom is -0.500 e. The van der Waals surface area contributed by atoms with Crippen LogP contribution in [0, 0.1) is 19.0 Å². The number of imidazole rings is 1. The van der Waals surface area contributed by atoms with Gasteiger partial charge in [0.15, 0.2) is 0 Å². The standard InChI is InChI=1S/C33H23N2O.C15H18NSi.Ir/c1-22-17-19-24(20-18-22)25-11-7-12-26-27-13-8-14-28(32(27)36-31(25)26)33-34-29-15-5-6-16-30(29)35(33)21-23-9-3-2-4-10-23;1-4-17(2,3)14-10-11-15(16-12-14)13-8-6-5-7-9-13;/h2-13,15-20H,21H2,1H3;5-8,10-12H,4H2,1-3H3;/q2*-1;/i1D3;;. The van der Waals surface area contributed by atoms with Crippen molar-refractivity contribution >= 4 is 46.2 Å². The quantitative estimate of drug-likeness (QED) is 0.118. The summed E-state index contributed by atoms with van der Waals surface area (Å²) < 4.78 is 31.9. The van der Waals surface area contributed by atoms with Gasteiger partial charge in [0, 0.05) is 47.9 Å². The minimum absolute atomic E-state index is 0. The van der Waals surface area contributed by atoms with Gasteiger partial charge in [-0.05, 0) is 41.0 Å². The van der Waals surface area contributed by atoms with Gasteiger partial charge in [0.2, 0.25) is 0 Å². The van der Waals surface area contributed by atoms with Crippen LogP contribution in [0.2, 0.25) is 19.1 Å². The van der Waals surface area contributed by atoms with E-state index in [4.69, 9.17) is 13.5 Å². The molecule has 0 atom stereocenters. The average Bonchev–Trinajstić information content (AvgIpc) is 3.80. The zero-order valence-corrected chi connectivity index (χ0v) is 33.8. The van der Waals surface area contributed by atoms with Crippen LogP contribution in [0.25, 0.3) is 66.7 Å². The number of fused-ring (bicyclic) bond motifs is 4. The smallest absolute Gasteiger partial charge is 0.128 e. The van der Waals surface area contributed by atoms with Gasteiger partial charge in [-0.2, -0.15) is 0 Å². The first-order chi connectivity index (χ1) is 27.1. The van der Waals surface area contributed by atoms with E-state index in [9.17, 15) is 0 Å². The van der Waals surface area contributed by atoms with Crippen LogP contribution >= 0.6 is 0 Å². The van der Waals surface area contributed by atoms with Crippen molar-refractivity contribution in [1.29, 1.82) is 0 Å². The van der Waals surface area contributed by atoms with Crippen molar-refractivity contribution in [3.8, 4) is 33.8 Å². The summed E-state index contributed by atoms with van der Waals surface area (Å²) in [6.07, 6.45) is 2.05. The first kappa shape index (κ1) is 33.2. The van der Waals surface area contributed by atoms with Gasteiger partial charge in [0.25, 0.3) is 0 Å². The van der Waals surface area contributed by atoms with E-state index >= 15 is 0 Å². The SMILES string of the molecule is CC[Si](C)(C)c1ccc(-c2[c-]cccc2)nc1.[2H]C([2H])([2H])c1ccc(-c2cccc3c2oc2c(-c4nc5ccccc5n4Cc4ccccc4)[c-]ccc23)cc1.[Ir]. The van der Waals surface area contributed by atoms with Crippen LogP contribution in [-0.2, 0) is 26.7 Å². The molecule has 3 heterocycles. The average molecular weight is 899 g/mol. The molecule has 1 radical (unpaired) electrons. The number of pyridine rings is 1. The minimum atomic E-state index is -2.14. The van der Waals surface area contributed by atoms with Crippen LogP contribution in [0.3, 0.4) is 0 Å². The number of aryl methyl sites for hydroxylation is 1. The van der Waals surface area contributed by atoms with Gasteiger partial charge in [-0.3, -0.25) is 4.98 Å². The van der Waals surface area contributed by atoms with Gasteiger partial charge in [-0.25, -0.2) is 0 Å². The molecule has 0 saturated carbocycles. The Bertz CT molecular complexity index is 2760. The Morgan fingerprint density at radius 3 is 2.26 bits per heavy atom. The predicted octanol–water partition coefficient (Wildman–Crippen LogP) is 11.9. The van der Waals surface area contributed by atoms with Gasteiger partial charge in [-0.1, -0.05) is 140 Å². The van der Waals surface area contributed by atoms with E-state index in [2.05, 4.69) is 78.1 Å². The summed E-state index contributed by atoms with van der Waals surface area (Å²) in [5, 5.41) is 3.40. The van der Waals surface area contributed by atoms with Crippen LogP contribution in [-0.4, -0.2) is 22.6 Å². The second-order valence-corrected chi connectivity index (χ2v) is 19.0. The number of rotatable bonds is 7. The summed E-state index contributed by atoms with van der Waals surface area (Å²) in [5.74, 6) is 0.799. The summed E-state index contributed by atoms with van der Waals surface area (Å²) in [7, 11) is -1.25. The second kappa shape index (κ2) is 15.9. The molecule has 0 aliphatic rings. The normalized spacial score (nSPS) is 12.4. The van der Waals surface area contributed by atoms with Crippen LogP contribution in [0.5, 0.6) is 0 Å². The molecule has 6 aromatic carbocycles. The molecule has 0 spiro atoms. The third kappa shape index (κ3) is 7.38. The molecular formula is C48H41IrN3OSi-2. The molecule has 9 aromatic rings. The third-order valence-electron chi connectivity index (χ3n) is 10.1. The maximum Gasteiger partial charge on any atom is 0.128 e. The number of hydrogen-bond acceptors (Lipinski definition) is 3. The number of para-hydroxylation sites is 3. The first-order valence-corrected chi connectivity index (χ1v) is 21.2. The Kier molecular flexibility index (Phi) is 9.78. The summed E-state index contributed by atoms with van der Waals surface area (Å²) in [6, 6.07) is 55.7. The fraction of sp³-hybridized carbons (Fsp3) is 0.125. The number of nitrogens with zero attached hydrogens (tertiary/aromatic N) is 3. The molecule has 6 heteroatoms. The van der Waals surface area contributed by atoms with E-state index in [1.807, 2.05) is 103 Å². The number of aromatic nitrogens is 3. The van der Waals surface area contributed by atoms with E-state index in [1.165, 1.54) is 16.8 Å². The van der Waals surface area contributed by atoms with Crippen LogP contribution in [0.4, 0.5) is 0 Å². The number of furan rings is 1. The second-order valence-electron chi connectivity index (χ2n) is 13.9. The van der Waals surface area contributed by atoms with E-state index in [0.29, 0.717) is 12.1 Å². The van der Waals surface area contributed by atoms with Crippen LogP contribution in [0.15, 0.2) is 156 Å². The van der Waals surface area contributed by atoms with Gasteiger partial charge >= 0.3 is 0 Å². The molecule has 54 heavy (non-hydrogen) atoms. The Labute approximate surface area is 336 Å². The zero-order chi connectivity index (χ0) is 38.9. The molecule has 0 amide bonds. The van der Waals surface area contributed by atoms with Crippen LogP contribution in [0.1, 0.15) is 22.2 Å². The molecule has 0 aliphatic heterocycles. The monoisotopic (exact) mass is 899 g/mol. The molecule has 0 fully saturated rings. The Hall–Kier alpha value is -5.39. The summed E-state index contributed by atoms with van der Waals surface area (Å²) in [5.41, 5.74) is 9.62. The number of benzene rings is 6. The summed E-state index contributed by atoms with van der Waals surface area (Å²) >= 11 is 0. The van der Waals surface area contributed by atoms with Crippen molar-refractivity contribution < 1.29 is 28.6 Å². The van der Waals surface area contributed by atoms with Crippen molar-refractivity contribution in [1.82, 2.24) is 14.5 Å². The van der Waals surface area contributed by atoms with Gasteiger partial charge in [0.1, 0.15) is 5.58 Å². The zero-order valence-electron chi connectivity index (χ0n) is 33.4. The molecule has 0 bridgehead atoms. The van der Waals surface area contributed by atoms with Gasteiger partial charge in [-0.15, -0.1) is 54.1 Å². The van der Waals surface area contributed by atoms with E-state index in [0.717, 1.165) is 66.7 Å². The molecule has 3 aromatic heterocycles. The van der Waals surface area contributed by atoms with E-state index < -0.39 is 14.9 Å². The summed E-state index contributed by atoms with van der Waals surface area (Å²) in [6.45, 7) is 5.57. The first-order valence-electron chi connectivity index (χ1n) is 19.5. The Balaban J connectivity index is 0.000000232. The third-order valence-corrected chi connectivity index (χ3v) is 13.8. The van der Waals surface area contributed by atoms with E-state index in [1.54, 1.807) is 12.1 Å². The largest absolute Gasteiger partial charge is 0.500 e. The van der Waals surface area contributed by atoms with Crippen molar-refractivity contribution in [3.63, 3.8) is 0 Å². The molecular weight excluding hydrogens is 855 g/mol. The number of hydrogen-bond donors (Lipinski definition) is 0. The fourth-order valence-electron chi connectivity index (χ4n) is 6.71. The van der Waals surface area contributed by atoms with Gasteiger partial charge < -0.3 is 14.0 Å². The van der Waals surface area contributed by atoms with Crippen molar-refractivity contribution in [2.24, 2.45) is 0 Å². The molecule has 0 saturated heterocycles. The molecule has 0 N–H and O–H groups in total. The molecule has 9 rings (SSSR count). The van der Waals surface area contributed by atoms with E-state index in [-0.39, 0.29) is 20.1 Å². The Morgan fingerprint density at radius 2 is 1.52 bits per heavy atom. The van der Waals surface area contributed by atoms with Crippen molar-refractivity contribution in [2.75, 3.05) is 0 Å². The van der Waals surface area contributed by atoms with Crippen LogP contribution < -0.4 is 5.19 Å². The molecule has 0 unspecified atom stereocenters. The molecule has 0 aliphatic carbocycles. The molecule has 4 nitrogen and oxygen atoms in total. The topological polar surface area (TPSA) is 43.9 Å².